The number of aromatic nitrogens is 1. The van der Waals surface area contributed by atoms with E-state index in [-0.39, 0.29) is 5.91 Å². The van der Waals surface area contributed by atoms with Crippen molar-refractivity contribution in [2.24, 2.45) is 0 Å². The number of carbonyl (C=O) groups excluding carboxylic acids is 1. The van der Waals surface area contributed by atoms with Gasteiger partial charge in [0, 0.05) is 36.6 Å². The molecule has 1 saturated heterocycles. The predicted molar refractivity (Wildman–Crippen MR) is 134 cm³/mol. The fourth-order valence-electron chi connectivity index (χ4n) is 3.86. The summed E-state index contributed by atoms with van der Waals surface area (Å²) in [6.07, 6.45) is 2.86. The van der Waals surface area contributed by atoms with Crippen LogP contribution in [0.4, 0.5) is 5.13 Å². The first kappa shape index (κ1) is 23.8. The molecule has 3 aromatic rings. The molecular formula is C24H29N3O4S2. The van der Waals surface area contributed by atoms with Crippen LogP contribution in [-0.2, 0) is 4.74 Å². The normalized spacial score (nSPS) is 14.4. The lowest BCUT2D eigenvalue weighted by Gasteiger charge is -2.27. The number of rotatable bonds is 9. The van der Waals surface area contributed by atoms with Gasteiger partial charge >= 0.3 is 0 Å². The van der Waals surface area contributed by atoms with Gasteiger partial charge in [0.2, 0.25) is 0 Å². The van der Waals surface area contributed by atoms with Gasteiger partial charge in [-0.25, -0.2) is 4.98 Å². The lowest BCUT2D eigenvalue weighted by Crippen LogP contribution is -2.39. The fraction of sp³-hybridized carbons (Fsp3) is 0.417. The average Bonchev–Trinajstić information content (AvgIpc) is 3.31. The quantitative estimate of drug-likeness (QED) is 0.415. The molecule has 0 saturated carbocycles. The zero-order valence-electron chi connectivity index (χ0n) is 19.2. The summed E-state index contributed by atoms with van der Waals surface area (Å²) in [5, 5.41) is 0.648. The van der Waals surface area contributed by atoms with E-state index in [0.29, 0.717) is 28.5 Å². The van der Waals surface area contributed by atoms with E-state index in [1.807, 2.05) is 42.7 Å². The summed E-state index contributed by atoms with van der Waals surface area (Å²) in [6, 6.07) is 11.5. The SMILES string of the molecule is COc1ccc(OC)c2sc(N(CCCN3CCOCC3)C(=O)c3cccc(SC)c3)nc12. The van der Waals surface area contributed by atoms with Crippen LogP contribution < -0.4 is 14.4 Å². The minimum atomic E-state index is -0.0510. The Balaban J connectivity index is 1.66. The Morgan fingerprint density at radius 2 is 1.94 bits per heavy atom. The molecule has 0 atom stereocenters. The Kier molecular flexibility index (Phi) is 8.08. The Labute approximate surface area is 202 Å². The van der Waals surface area contributed by atoms with Crippen molar-refractivity contribution in [3.05, 3.63) is 42.0 Å². The zero-order valence-corrected chi connectivity index (χ0v) is 20.8. The molecule has 1 aliphatic heterocycles. The Morgan fingerprint density at radius 3 is 2.67 bits per heavy atom. The predicted octanol–water partition coefficient (Wildman–Crippen LogP) is 4.40. The first-order valence-electron chi connectivity index (χ1n) is 10.9. The molecule has 4 rings (SSSR count). The van der Waals surface area contributed by atoms with Crippen LogP contribution in [0.25, 0.3) is 10.2 Å². The van der Waals surface area contributed by atoms with Crippen molar-refractivity contribution in [3.63, 3.8) is 0 Å². The number of benzene rings is 2. The largest absolute Gasteiger partial charge is 0.495 e. The molecular weight excluding hydrogens is 458 g/mol. The standard InChI is InChI=1S/C24H29N3O4S2/c1-29-19-8-9-20(30-2)22-21(19)25-24(33-22)27(11-5-10-26-12-14-31-15-13-26)23(28)17-6-4-7-18(16-17)32-3/h4,6-9,16H,5,10-15H2,1-3H3. The molecule has 1 aromatic heterocycles. The molecule has 0 N–H and O–H groups in total. The molecule has 9 heteroatoms. The summed E-state index contributed by atoms with van der Waals surface area (Å²) in [7, 11) is 3.26. The highest BCUT2D eigenvalue weighted by atomic mass is 32.2. The maximum absolute atomic E-state index is 13.7. The van der Waals surface area contributed by atoms with Gasteiger partial charge in [-0.15, -0.1) is 11.8 Å². The number of anilines is 1. The maximum atomic E-state index is 13.7. The summed E-state index contributed by atoms with van der Waals surface area (Å²) >= 11 is 3.08. The van der Waals surface area contributed by atoms with Gasteiger partial charge in [-0.2, -0.15) is 0 Å². The molecule has 1 fully saturated rings. The third-order valence-electron chi connectivity index (χ3n) is 5.65. The second kappa shape index (κ2) is 11.2. The molecule has 0 aliphatic carbocycles. The molecule has 176 valence electrons. The number of thioether (sulfide) groups is 1. The molecule has 0 radical (unpaired) electrons. The van der Waals surface area contributed by atoms with Gasteiger partial charge in [0.05, 0.1) is 27.4 Å². The van der Waals surface area contributed by atoms with E-state index in [0.717, 1.165) is 54.6 Å². The number of nitrogens with zero attached hydrogens (tertiary/aromatic N) is 3. The number of morpholine rings is 1. The number of amides is 1. The molecule has 7 nitrogen and oxygen atoms in total. The lowest BCUT2D eigenvalue weighted by molar-refractivity contribution is 0.0376. The molecule has 1 aliphatic rings. The topological polar surface area (TPSA) is 64.1 Å². The van der Waals surface area contributed by atoms with Crippen LogP contribution in [0, 0.1) is 0 Å². The Bertz CT molecular complexity index is 1060. The second-order valence-corrected chi connectivity index (χ2v) is 9.50. The Hall–Kier alpha value is -2.33. The highest BCUT2D eigenvalue weighted by Crippen LogP contribution is 2.40. The van der Waals surface area contributed by atoms with Gasteiger partial charge in [0.15, 0.2) is 5.13 Å². The first-order valence-corrected chi connectivity index (χ1v) is 13.0. The zero-order chi connectivity index (χ0) is 23.2. The molecule has 2 heterocycles. The summed E-state index contributed by atoms with van der Waals surface area (Å²) in [6.45, 7) is 4.88. The van der Waals surface area contributed by atoms with Crippen LogP contribution in [0.5, 0.6) is 11.5 Å². The molecule has 0 spiro atoms. The van der Waals surface area contributed by atoms with Crippen molar-refractivity contribution >= 4 is 44.4 Å². The van der Waals surface area contributed by atoms with E-state index in [4.69, 9.17) is 19.2 Å². The van der Waals surface area contributed by atoms with Gasteiger partial charge in [0.1, 0.15) is 21.7 Å². The Morgan fingerprint density at radius 1 is 1.18 bits per heavy atom. The number of carbonyl (C=O) groups is 1. The fourth-order valence-corrected chi connectivity index (χ4v) is 5.42. The van der Waals surface area contributed by atoms with Crippen LogP contribution in [0.2, 0.25) is 0 Å². The van der Waals surface area contributed by atoms with Crippen molar-refractivity contribution in [3.8, 4) is 11.5 Å². The van der Waals surface area contributed by atoms with Crippen LogP contribution in [0.1, 0.15) is 16.8 Å². The van der Waals surface area contributed by atoms with Crippen molar-refractivity contribution in [2.75, 3.05) is 64.8 Å². The van der Waals surface area contributed by atoms with Crippen molar-refractivity contribution < 1.29 is 19.0 Å². The number of fused-ring (bicyclic) bond motifs is 1. The van der Waals surface area contributed by atoms with Gasteiger partial charge in [0.25, 0.3) is 5.91 Å². The van der Waals surface area contributed by atoms with Crippen molar-refractivity contribution in [1.82, 2.24) is 9.88 Å². The molecule has 33 heavy (non-hydrogen) atoms. The highest BCUT2D eigenvalue weighted by molar-refractivity contribution is 7.98. The lowest BCUT2D eigenvalue weighted by atomic mass is 10.2. The molecule has 2 aromatic carbocycles. The summed E-state index contributed by atoms with van der Waals surface area (Å²) < 4.78 is 17.4. The van der Waals surface area contributed by atoms with E-state index < -0.39 is 0 Å². The van der Waals surface area contributed by atoms with Crippen LogP contribution in [0.15, 0.2) is 41.3 Å². The number of methoxy groups -OCH3 is 2. The number of thiazole rings is 1. The van der Waals surface area contributed by atoms with Crippen LogP contribution >= 0.6 is 23.1 Å². The number of hydrogen-bond acceptors (Lipinski definition) is 8. The maximum Gasteiger partial charge on any atom is 0.260 e. The molecule has 0 bridgehead atoms. The minimum absolute atomic E-state index is 0.0510. The van der Waals surface area contributed by atoms with E-state index in [1.165, 1.54) is 11.3 Å². The highest BCUT2D eigenvalue weighted by Gasteiger charge is 2.24. The van der Waals surface area contributed by atoms with E-state index >= 15 is 0 Å². The third-order valence-corrected chi connectivity index (χ3v) is 7.47. The van der Waals surface area contributed by atoms with Crippen LogP contribution in [-0.4, -0.2) is 75.7 Å². The van der Waals surface area contributed by atoms with Gasteiger partial charge < -0.3 is 14.2 Å². The van der Waals surface area contributed by atoms with Gasteiger partial charge in [-0.3, -0.25) is 14.6 Å². The smallest absolute Gasteiger partial charge is 0.260 e. The molecule has 0 unspecified atom stereocenters. The van der Waals surface area contributed by atoms with Crippen molar-refractivity contribution in [2.45, 2.75) is 11.3 Å². The van der Waals surface area contributed by atoms with Crippen molar-refractivity contribution in [1.29, 1.82) is 0 Å². The number of ether oxygens (including phenoxy) is 3. The summed E-state index contributed by atoms with van der Waals surface area (Å²) in [5.41, 5.74) is 1.37. The van der Waals surface area contributed by atoms with Crippen LogP contribution in [0.3, 0.4) is 0 Å². The van der Waals surface area contributed by atoms with E-state index in [9.17, 15) is 4.79 Å². The van der Waals surface area contributed by atoms with E-state index in [1.54, 1.807) is 30.9 Å². The van der Waals surface area contributed by atoms with Gasteiger partial charge in [-0.1, -0.05) is 17.4 Å². The monoisotopic (exact) mass is 487 g/mol. The van der Waals surface area contributed by atoms with E-state index in [2.05, 4.69) is 4.90 Å². The minimum Gasteiger partial charge on any atom is -0.495 e. The number of hydrogen-bond donors (Lipinski definition) is 0. The first-order chi connectivity index (χ1) is 16.1. The average molecular weight is 488 g/mol. The van der Waals surface area contributed by atoms with Gasteiger partial charge in [-0.05, 0) is 43.0 Å². The molecule has 1 amide bonds. The third kappa shape index (κ3) is 5.43. The second-order valence-electron chi connectivity index (χ2n) is 7.64. The summed E-state index contributed by atoms with van der Waals surface area (Å²) in [5.74, 6) is 1.34. The summed E-state index contributed by atoms with van der Waals surface area (Å²) in [4.78, 5) is 23.7.